The Morgan fingerprint density at radius 3 is 1.42 bits per heavy atom. The molecule has 0 N–H and O–H groups in total. The summed E-state index contributed by atoms with van der Waals surface area (Å²) in [5.41, 5.74) is 3.31. The van der Waals surface area contributed by atoms with E-state index in [2.05, 4.69) is 51.0 Å². The first-order valence-corrected chi connectivity index (χ1v) is 10.2. The van der Waals surface area contributed by atoms with Crippen molar-refractivity contribution in [3.8, 4) is 0 Å². The fourth-order valence-electron chi connectivity index (χ4n) is 1.61. The zero-order valence-corrected chi connectivity index (χ0v) is 12.2. The average molecular weight is 426 g/mol. The van der Waals surface area contributed by atoms with E-state index in [9.17, 15) is 0 Å². The second kappa shape index (κ2) is 4.56. The lowest BCUT2D eigenvalue weighted by atomic mass is 10.2. The van der Waals surface area contributed by atoms with Gasteiger partial charge in [0.2, 0.25) is 0 Å². The highest BCUT2D eigenvalue weighted by molar-refractivity contribution is 14.2. The highest BCUT2D eigenvalue weighted by Crippen LogP contribution is 2.35. The lowest BCUT2D eigenvalue weighted by molar-refractivity contribution is 0.518. The van der Waals surface area contributed by atoms with Crippen LogP contribution in [0.25, 0.3) is 0 Å². The lowest BCUT2D eigenvalue weighted by Gasteiger charge is -2.16. The minimum absolute atomic E-state index is 1.18. The predicted molar refractivity (Wildman–Crippen MR) is 73.4 cm³/mol. The van der Waals surface area contributed by atoms with Gasteiger partial charge in [0.25, 0.3) is 0 Å². The lowest BCUT2D eigenvalue weighted by Crippen LogP contribution is -2.20. The van der Waals surface area contributed by atoms with Crippen LogP contribution in [0.2, 0.25) is 0 Å². The molecule has 0 spiro atoms. The first-order chi connectivity index (χ1) is 5.83. The molecule has 2 aliphatic rings. The molecule has 6 heteroatoms. The summed E-state index contributed by atoms with van der Waals surface area (Å²) in [6.07, 6.45) is 0. The van der Waals surface area contributed by atoms with Crippen molar-refractivity contribution in [3.05, 3.63) is 11.1 Å². The molecule has 2 nitrogen and oxygen atoms in total. The molecule has 68 valence electrons. The van der Waals surface area contributed by atoms with Gasteiger partial charge < -0.3 is 0 Å². The summed E-state index contributed by atoms with van der Waals surface area (Å²) in [5.74, 6) is 0. The molecule has 2 heterocycles. The van der Waals surface area contributed by atoms with Gasteiger partial charge in [-0.2, -0.15) is 0 Å². The third-order valence-corrected chi connectivity index (χ3v) is 6.41. The van der Waals surface area contributed by atoms with Gasteiger partial charge in [0.05, 0.1) is 0 Å². The summed E-state index contributed by atoms with van der Waals surface area (Å²) in [6.45, 7) is 4.71. The Morgan fingerprint density at radius 2 is 1.17 bits per heavy atom. The Kier molecular flexibility index (Phi) is 3.93. The van der Waals surface area contributed by atoms with Gasteiger partial charge in [-0.15, -0.1) is 0 Å². The van der Waals surface area contributed by atoms with E-state index < -0.39 is 0 Å². The largest absolute Gasteiger partial charge is 0.233 e. The maximum absolute atomic E-state index is 2.42. The Morgan fingerprint density at radius 1 is 0.833 bits per heavy atom. The van der Waals surface area contributed by atoms with Gasteiger partial charge in [0.15, 0.2) is 0 Å². The van der Waals surface area contributed by atoms with Crippen LogP contribution in [-0.2, 0) is 0 Å². The van der Waals surface area contributed by atoms with Crippen LogP contribution < -0.4 is 0 Å². The molecule has 0 saturated heterocycles. The molecule has 0 atom stereocenters. The Balaban J connectivity index is 1.94. The molecule has 0 amide bonds. The van der Waals surface area contributed by atoms with Gasteiger partial charge in [-0.25, -0.2) is 8.61 Å². The van der Waals surface area contributed by atoms with Crippen LogP contribution in [0.1, 0.15) is 0 Å². The molecule has 2 aliphatic heterocycles. The van der Waals surface area contributed by atoms with E-state index in [0.717, 1.165) is 0 Å². The second-order valence-corrected chi connectivity index (χ2v) is 6.61. The Bertz CT molecular complexity index is 184. The summed E-state index contributed by atoms with van der Waals surface area (Å²) in [7, 11) is 3.66. The van der Waals surface area contributed by atoms with Crippen molar-refractivity contribution in [2.75, 3.05) is 26.2 Å². The monoisotopic (exact) mass is 426 g/mol. The number of halogens is 2. The van der Waals surface area contributed by atoms with E-state index in [1.165, 1.54) is 26.2 Å². The smallest absolute Gasteiger partial charge is 0.0327 e. The van der Waals surface area contributed by atoms with Crippen molar-refractivity contribution >= 4 is 60.6 Å². The minimum Gasteiger partial charge on any atom is -0.233 e. The van der Waals surface area contributed by atoms with Crippen molar-refractivity contribution in [3.63, 3.8) is 0 Å². The van der Waals surface area contributed by atoms with E-state index >= 15 is 0 Å². The molecule has 0 aromatic carbocycles. The number of hydrogen-bond donors (Lipinski definition) is 0. The molecule has 0 bridgehead atoms. The van der Waals surface area contributed by atoms with E-state index in [-0.39, 0.29) is 0 Å². The van der Waals surface area contributed by atoms with E-state index in [4.69, 9.17) is 0 Å². The van der Waals surface area contributed by atoms with E-state index in [1.54, 1.807) is 11.1 Å². The fraction of sp³-hybridized carbons (Fsp3) is 0.667. The first kappa shape index (κ1) is 10.3. The zero-order chi connectivity index (χ0) is 8.55. The van der Waals surface area contributed by atoms with Crippen LogP contribution in [0.3, 0.4) is 0 Å². The zero-order valence-electron chi connectivity index (χ0n) is 6.30. The van der Waals surface area contributed by atoms with Crippen LogP contribution in [0.15, 0.2) is 11.1 Å². The first-order valence-electron chi connectivity index (χ1n) is 3.60. The summed E-state index contributed by atoms with van der Waals surface area (Å²) in [6, 6.07) is 0. The van der Waals surface area contributed by atoms with Crippen molar-refractivity contribution < 1.29 is 0 Å². The molecule has 0 aliphatic carbocycles. The van der Waals surface area contributed by atoms with Crippen LogP contribution in [-0.4, -0.2) is 34.8 Å². The normalized spacial score (nSPS) is 25.5. The van der Waals surface area contributed by atoms with Gasteiger partial charge in [-0.3, -0.25) is 0 Å². The molecule has 0 radical (unpaired) electrons. The molecule has 0 aromatic heterocycles. The quantitative estimate of drug-likeness (QED) is 0.381. The van der Waals surface area contributed by atoms with Crippen LogP contribution in [0.5, 0.6) is 0 Å². The molecule has 0 fully saturated rings. The second-order valence-electron chi connectivity index (χ2n) is 2.94. The van der Waals surface area contributed by atoms with Crippen LogP contribution in [0, 0.1) is 0 Å². The van der Waals surface area contributed by atoms with Gasteiger partial charge in [0.1, 0.15) is 0 Å². The van der Waals surface area contributed by atoms with Crippen molar-refractivity contribution in [1.29, 1.82) is 0 Å². The molecule has 12 heavy (non-hydrogen) atoms. The van der Waals surface area contributed by atoms with Crippen LogP contribution >= 0.6 is 60.6 Å². The van der Waals surface area contributed by atoms with Gasteiger partial charge in [0, 0.05) is 68.6 Å². The third-order valence-electron chi connectivity index (χ3n) is 2.16. The fourth-order valence-corrected chi connectivity index (χ4v) is 4.10. The number of rotatable bonds is 2. The van der Waals surface area contributed by atoms with Crippen molar-refractivity contribution in [2.24, 2.45) is 0 Å². The summed E-state index contributed by atoms with van der Waals surface area (Å²) in [5, 5.41) is 0. The Labute approximate surface area is 105 Å². The third kappa shape index (κ3) is 2.08. The topological polar surface area (TPSA) is 6.48 Å². The molecular weight excluding hydrogens is 418 g/mol. The molecule has 0 unspecified atom stereocenters. The highest BCUT2D eigenvalue weighted by atomic mass is 127. The minimum atomic E-state index is 1.18. The van der Waals surface area contributed by atoms with E-state index in [1.807, 2.05) is 18.2 Å². The molecule has 0 aromatic rings. The standard InChI is InChI=1S/C6H8I2N2S2/c7-11-9-1-5-2-10(12-8)4-6(5)3-9/h1-4H2. The maximum atomic E-state index is 2.42. The van der Waals surface area contributed by atoms with E-state index in [0.29, 0.717) is 0 Å². The van der Waals surface area contributed by atoms with Crippen molar-refractivity contribution in [1.82, 2.24) is 8.61 Å². The average Bonchev–Trinajstić information content (AvgIpc) is 2.59. The summed E-state index contributed by atoms with van der Waals surface area (Å²) in [4.78, 5) is 0. The Hall–Kier alpha value is 1.82. The molecular formula is C6H8I2N2S2. The molecule has 2 rings (SSSR count). The van der Waals surface area contributed by atoms with Gasteiger partial charge in [-0.05, 0) is 29.4 Å². The van der Waals surface area contributed by atoms with Gasteiger partial charge >= 0.3 is 0 Å². The maximum Gasteiger partial charge on any atom is 0.0327 e. The van der Waals surface area contributed by atoms with Crippen LogP contribution in [0.4, 0.5) is 0 Å². The van der Waals surface area contributed by atoms with Crippen molar-refractivity contribution in [2.45, 2.75) is 0 Å². The number of hydrogen-bond acceptors (Lipinski definition) is 4. The highest BCUT2D eigenvalue weighted by Gasteiger charge is 2.29. The number of nitrogens with zero attached hydrogens (tertiary/aromatic N) is 2. The predicted octanol–water partition coefficient (Wildman–Crippen LogP) is 2.91. The SMILES string of the molecule is ISN1CC2=C(C1)CN(SI)C2. The molecule has 0 saturated carbocycles. The summed E-state index contributed by atoms with van der Waals surface area (Å²) < 4.78 is 4.83. The summed E-state index contributed by atoms with van der Waals surface area (Å²) >= 11 is 4.72. The van der Waals surface area contributed by atoms with Gasteiger partial charge in [-0.1, -0.05) is 0 Å².